The first kappa shape index (κ1) is 11.9. The monoisotopic (exact) mass is 233 g/mol. The van der Waals surface area contributed by atoms with Crippen LogP contribution in [-0.4, -0.2) is 31.6 Å². The van der Waals surface area contributed by atoms with Crippen molar-refractivity contribution < 1.29 is 4.79 Å². The van der Waals surface area contributed by atoms with Crippen molar-refractivity contribution >= 4 is 11.6 Å². The van der Waals surface area contributed by atoms with E-state index in [0.717, 1.165) is 25.2 Å². The number of carbonyl (C=O) groups excluding carboxylic acids is 1. The predicted molar refractivity (Wildman–Crippen MR) is 69.3 cm³/mol. The molecule has 1 unspecified atom stereocenters. The summed E-state index contributed by atoms with van der Waals surface area (Å²) >= 11 is 0. The number of anilines is 1. The van der Waals surface area contributed by atoms with Crippen LogP contribution in [0.2, 0.25) is 0 Å². The van der Waals surface area contributed by atoms with Crippen LogP contribution in [0.4, 0.5) is 5.69 Å². The average Bonchev–Trinajstić information content (AvgIpc) is 2.82. The zero-order valence-corrected chi connectivity index (χ0v) is 10.1. The van der Waals surface area contributed by atoms with Gasteiger partial charge in [0, 0.05) is 30.4 Å². The van der Waals surface area contributed by atoms with Gasteiger partial charge < -0.3 is 16.0 Å². The second-order valence-electron chi connectivity index (χ2n) is 4.27. The van der Waals surface area contributed by atoms with Gasteiger partial charge in [0.15, 0.2) is 0 Å². The van der Waals surface area contributed by atoms with Crippen LogP contribution in [0.1, 0.15) is 23.7 Å². The highest BCUT2D eigenvalue weighted by Gasteiger charge is 2.14. The summed E-state index contributed by atoms with van der Waals surface area (Å²) in [6.45, 7) is 4.63. The summed E-state index contributed by atoms with van der Waals surface area (Å²) in [6, 6.07) is 8.13. The molecular formula is C13H19N3O. The Kier molecular flexibility index (Phi) is 3.98. The smallest absolute Gasteiger partial charge is 0.251 e. The lowest BCUT2D eigenvalue weighted by Crippen LogP contribution is -2.24. The van der Waals surface area contributed by atoms with E-state index in [2.05, 4.69) is 16.0 Å². The topological polar surface area (TPSA) is 53.2 Å². The quantitative estimate of drug-likeness (QED) is 0.732. The van der Waals surface area contributed by atoms with Gasteiger partial charge in [0.25, 0.3) is 5.91 Å². The number of carbonyl (C=O) groups is 1. The number of rotatable bonds is 4. The third kappa shape index (κ3) is 3.20. The molecule has 4 nitrogen and oxygen atoms in total. The first-order valence-corrected chi connectivity index (χ1v) is 6.15. The Morgan fingerprint density at radius 3 is 3.12 bits per heavy atom. The van der Waals surface area contributed by atoms with Crippen molar-refractivity contribution in [2.45, 2.75) is 19.4 Å². The molecule has 1 amide bonds. The highest BCUT2D eigenvalue weighted by molar-refractivity contribution is 5.95. The minimum absolute atomic E-state index is 0.0132. The van der Waals surface area contributed by atoms with Crippen LogP contribution in [0.3, 0.4) is 0 Å². The average molecular weight is 233 g/mol. The second kappa shape index (κ2) is 5.68. The fourth-order valence-corrected chi connectivity index (χ4v) is 2.03. The molecule has 1 aliphatic heterocycles. The predicted octanol–water partition coefficient (Wildman–Crippen LogP) is 1.21. The number of benzene rings is 1. The van der Waals surface area contributed by atoms with Crippen molar-refractivity contribution in [3.63, 3.8) is 0 Å². The van der Waals surface area contributed by atoms with Crippen LogP contribution in [0.15, 0.2) is 24.3 Å². The van der Waals surface area contributed by atoms with Crippen LogP contribution in [0, 0.1) is 0 Å². The van der Waals surface area contributed by atoms with E-state index in [0.29, 0.717) is 18.2 Å². The van der Waals surface area contributed by atoms with Crippen LogP contribution in [0.25, 0.3) is 0 Å². The minimum Gasteiger partial charge on any atom is -0.381 e. The maximum absolute atomic E-state index is 11.7. The van der Waals surface area contributed by atoms with Crippen molar-refractivity contribution in [1.82, 2.24) is 10.6 Å². The van der Waals surface area contributed by atoms with Gasteiger partial charge in [-0.2, -0.15) is 0 Å². The third-order valence-electron chi connectivity index (χ3n) is 2.89. The first-order valence-electron chi connectivity index (χ1n) is 6.15. The maximum atomic E-state index is 11.7. The fourth-order valence-electron chi connectivity index (χ4n) is 2.03. The minimum atomic E-state index is -0.0132. The van der Waals surface area contributed by atoms with Gasteiger partial charge in [-0.25, -0.2) is 0 Å². The molecule has 1 saturated heterocycles. The number of hydrogen-bond acceptors (Lipinski definition) is 3. The Hall–Kier alpha value is -1.55. The van der Waals surface area contributed by atoms with Gasteiger partial charge in [-0.05, 0) is 38.1 Å². The van der Waals surface area contributed by atoms with Crippen molar-refractivity contribution in [2.24, 2.45) is 0 Å². The summed E-state index contributed by atoms with van der Waals surface area (Å²) in [5.74, 6) is -0.0132. The summed E-state index contributed by atoms with van der Waals surface area (Å²) in [7, 11) is 0. The molecule has 0 spiro atoms. The second-order valence-corrected chi connectivity index (χ2v) is 4.27. The molecular weight excluding hydrogens is 214 g/mol. The van der Waals surface area contributed by atoms with E-state index in [-0.39, 0.29) is 5.91 Å². The van der Waals surface area contributed by atoms with E-state index < -0.39 is 0 Å². The highest BCUT2D eigenvalue weighted by atomic mass is 16.1. The molecule has 0 bridgehead atoms. The summed E-state index contributed by atoms with van der Waals surface area (Å²) in [4.78, 5) is 11.7. The highest BCUT2D eigenvalue weighted by Crippen LogP contribution is 2.14. The van der Waals surface area contributed by atoms with Gasteiger partial charge >= 0.3 is 0 Å². The van der Waals surface area contributed by atoms with E-state index >= 15 is 0 Å². The van der Waals surface area contributed by atoms with Gasteiger partial charge in [-0.3, -0.25) is 4.79 Å². The maximum Gasteiger partial charge on any atom is 0.251 e. The number of amides is 1. The molecule has 1 fully saturated rings. The standard InChI is InChI=1S/C13H19N3O/c1-2-15-13(17)10-4-3-5-11(8-10)16-12-6-7-14-9-12/h3-5,8,12,14,16H,2,6-7,9H2,1H3,(H,15,17). The number of hydrogen-bond donors (Lipinski definition) is 3. The lowest BCUT2D eigenvalue weighted by Gasteiger charge is -2.13. The van der Waals surface area contributed by atoms with E-state index in [1.807, 2.05) is 31.2 Å². The molecule has 1 aliphatic rings. The molecule has 0 aliphatic carbocycles. The Morgan fingerprint density at radius 2 is 2.41 bits per heavy atom. The molecule has 92 valence electrons. The van der Waals surface area contributed by atoms with E-state index in [1.165, 1.54) is 0 Å². The van der Waals surface area contributed by atoms with E-state index in [1.54, 1.807) is 0 Å². The third-order valence-corrected chi connectivity index (χ3v) is 2.89. The molecule has 0 aromatic heterocycles. The van der Waals surface area contributed by atoms with Crippen LogP contribution < -0.4 is 16.0 Å². The normalized spacial score (nSPS) is 19.0. The van der Waals surface area contributed by atoms with Gasteiger partial charge in [-0.1, -0.05) is 6.07 Å². The lowest BCUT2D eigenvalue weighted by atomic mass is 10.1. The first-order chi connectivity index (χ1) is 8.29. The van der Waals surface area contributed by atoms with Gasteiger partial charge in [0.2, 0.25) is 0 Å². The molecule has 1 atom stereocenters. The Balaban J connectivity index is 2.02. The van der Waals surface area contributed by atoms with Crippen molar-refractivity contribution in [2.75, 3.05) is 25.0 Å². The van der Waals surface area contributed by atoms with E-state index in [9.17, 15) is 4.79 Å². The molecule has 1 heterocycles. The van der Waals surface area contributed by atoms with E-state index in [4.69, 9.17) is 0 Å². The fraction of sp³-hybridized carbons (Fsp3) is 0.462. The van der Waals surface area contributed by atoms with Gasteiger partial charge in [0.1, 0.15) is 0 Å². The van der Waals surface area contributed by atoms with Crippen molar-refractivity contribution in [3.8, 4) is 0 Å². The van der Waals surface area contributed by atoms with Crippen LogP contribution >= 0.6 is 0 Å². The van der Waals surface area contributed by atoms with Crippen LogP contribution in [-0.2, 0) is 0 Å². The van der Waals surface area contributed by atoms with Gasteiger partial charge in [-0.15, -0.1) is 0 Å². The molecule has 3 N–H and O–H groups in total. The van der Waals surface area contributed by atoms with Gasteiger partial charge in [0.05, 0.1) is 0 Å². The Labute approximate surface area is 102 Å². The summed E-state index contributed by atoms with van der Waals surface area (Å²) in [5.41, 5.74) is 1.73. The molecule has 4 heteroatoms. The summed E-state index contributed by atoms with van der Waals surface area (Å²) < 4.78 is 0. The Morgan fingerprint density at radius 1 is 1.53 bits per heavy atom. The van der Waals surface area contributed by atoms with Crippen molar-refractivity contribution in [3.05, 3.63) is 29.8 Å². The molecule has 1 aromatic rings. The lowest BCUT2D eigenvalue weighted by molar-refractivity contribution is 0.0956. The summed E-state index contributed by atoms with van der Waals surface area (Å²) in [5, 5.41) is 9.55. The largest absolute Gasteiger partial charge is 0.381 e. The zero-order chi connectivity index (χ0) is 12.1. The van der Waals surface area contributed by atoms with Crippen molar-refractivity contribution in [1.29, 1.82) is 0 Å². The summed E-state index contributed by atoms with van der Waals surface area (Å²) in [6.07, 6.45) is 1.13. The molecule has 0 saturated carbocycles. The zero-order valence-electron chi connectivity index (χ0n) is 10.1. The number of nitrogens with one attached hydrogen (secondary N) is 3. The molecule has 0 radical (unpaired) electrons. The van der Waals surface area contributed by atoms with Crippen LogP contribution in [0.5, 0.6) is 0 Å². The molecule has 17 heavy (non-hydrogen) atoms. The Bertz CT molecular complexity index is 386. The molecule has 1 aromatic carbocycles. The molecule has 2 rings (SSSR count). The SMILES string of the molecule is CCNC(=O)c1cccc(NC2CCNC2)c1.